The number of hydrogen-bond donors (Lipinski definition) is 1. The molecule has 39 heavy (non-hydrogen) atoms. The van der Waals surface area contributed by atoms with Crippen LogP contribution in [0.5, 0.6) is 5.75 Å². The standard InChI is InChI=1S/C30H32N4O5/c1-38-25-11-5-10-24(18-25)29(37)34-26(28(36)32-20-23-9-6-14-31-19-23)21-39-30(34)12-15-33(16-13-30)27(35)17-22-7-3-2-4-8-22/h2-11,14,18-19,26H,12-13,15-17,20-21H2,1H3,(H,32,36). The van der Waals surface area contributed by atoms with Crippen LogP contribution in [-0.2, 0) is 27.3 Å². The van der Waals surface area contributed by atoms with Crippen LogP contribution >= 0.6 is 0 Å². The van der Waals surface area contributed by atoms with Gasteiger partial charge in [0.05, 0.1) is 20.1 Å². The van der Waals surface area contributed by atoms with Crippen LogP contribution in [0.1, 0.15) is 34.3 Å². The van der Waals surface area contributed by atoms with Gasteiger partial charge in [0.2, 0.25) is 11.8 Å². The van der Waals surface area contributed by atoms with E-state index in [4.69, 9.17) is 9.47 Å². The molecule has 2 aliphatic heterocycles. The zero-order chi connectivity index (χ0) is 27.2. The van der Waals surface area contributed by atoms with E-state index in [1.807, 2.05) is 41.3 Å². The topological polar surface area (TPSA) is 101 Å². The van der Waals surface area contributed by atoms with Crippen LogP contribution < -0.4 is 10.1 Å². The Bertz CT molecular complexity index is 1310. The van der Waals surface area contributed by atoms with Crippen molar-refractivity contribution in [1.29, 1.82) is 0 Å². The fourth-order valence-electron chi connectivity index (χ4n) is 5.26. The van der Waals surface area contributed by atoms with Gasteiger partial charge in [-0.15, -0.1) is 0 Å². The molecule has 2 aromatic carbocycles. The highest BCUT2D eigenvalue weighted by atomic mass is 16.5. The molecule has 9 nitrogen and oxygen atoms in total. The molecule has 2 fully saturated rings. The number of likely N-dealkylation sites (tertiary alicyclic amines) is 1. The van der Waals surface area contributed by atoms with Crippen molar-refractivity contribution in [1.82, 2.24) is 20.1 Å². The van der Waals surface area contributed by atoms with Crippen molar-refractivity contribution in [3.63, 3.8) is 0 Å². The number of carbonyl (C=O) groups is 3. The lowest BCUT2D eigenvalue weighted by Crippen LogP contribution is -2.59. The van der Waals surface area contributed by atoms with E-state index in [0.29, 0.717) is 50.2 Å². The molecule has 0 aliphatic carbocycles. The minimum Gasteiger partial charge on any atom is -0.497 e. The molecule has 1 atom stereocenters. The van der Waals surface area contributed by atoms with Gasteiger partial charge in [-0.05, 0) is 35.4 Å². The maximum absolute atomic E-state index is 14.0. The van der Waals surface area contributed by atoms with Crippen LogP contribution in [0.25, 0.3) is 0 Å². The van der Waals surface area contributed by atoms with Gasteiger partial charge in [0.15, 0.2) is 0 Å². The summed E-state index contributed by atoms with van der Waals surface area (Å²) in [5.74, 6) is -0.0223. The highest BCUT2D eigenvalue weighted by Crippen LogP contribution is 2.39. The van der Waals surface area contributed by atoms with Gasteiger partial charge in [-0.3, -0.25) is 24.3 Å². The lowest BCUT2D eigenvalue weighted by atomic mass is 9.96. The van der Waals surface area contributed by atoms with Crippen molar-refractivity contribution in [3.8, 4) is 5.75 Å². The monoisotopic (exact) mass is 528 g/mol. The molecule has 1 aromatic heterocycles. The zero-order valence-electron chi connectivity index (χ0n) is 21.9. The Hall–Kier alpha value is -4.24. The molecule has 1 N–H and O–H groups in total. The zero-order valence-corrected chi connectivity index (χ0v) is 21.9. The van der Waals surface area contributed by atoms with Gasteiger partial charge in [0.1, 0.15) is 17.5 Å². The number of ether oxygens (including phenoxy) is 2. The Kier molecular flexibility index (Phi) is 7.88. The van der Waals surface area contributed by atoms with E-state index in [1.54, 1.807) is 54.7 Å². The van der Waals surface area contributed by atoms with Gasteiger partial charge in [0, 0.05) is 50.4 Å². The number of piperidine rings is 1. The highest BCUT2D eigenvalue weighted by Gasteiger charge is 2.54. The summed E-state index contributed by atoms with van der Waals surface area (Å²) in [6, 6.07) is 19.4. The van der Waals surface area contributed by atoms with E-state index in [0.717, 1.165) is 11.1 Å². The Morgan fingerprint density at radius 2 is 1.79 bits per heavy atom. The molecule has 0 saturated carbocycles. The second kappa shape index (κ2) is 11.7. The lowest BCUT2D eigenvalue weighted by molar-refractivity contribution is -0.143. The summed E-state index contributed by atoms with van der Waals surface area (Å²) in [6.45, 7) is 1.22. The van der Waals surface area contributed by atoms with E-state index in [9.17, 15) is 14.4 Å². The Morgan fingerprint density at radius 1 is 1.03 bits per heavy atom. The summed E-state index contributed by atoms with van der Waals surface area (Å²) in [4.78, 5) is 47.8. The number of aromatic nitrogens is 1. The predicted molar refractivity (Wildman–Crippen MR) is 144 cm³/mol. The number of hydrogen-bond acceptors (Lipinski definition) is 6. The number of methoxy groups -OCH3 is 1. The van der Waals surface area contributed by atoms with Crippen molar-refractivity contribution in [2.45, 2.75) is 37.6 Å². The van der Waals surface area contributed by atoms with Gasteiger partial charge in [-0.25, -0.2) is 0 Å². The van der Waals surface area contributed by atoms with Crippen molar-refractivity contribution in [2.75, 3.05) is 26.8 Å². The van der Waals surface area contributed by atoms with Crippen molar-refractivity contribution < 1.29 is 23.9 Å². The number of nitrogens with one attached hydrogen (secondary N) is 1. The van der Waals surface area contributed by atoms with Gasteiger partial charge in [0.25, 0.3) is 5.91 Å². The highest BCUT2D eigenvalue weighted by molar-refractivity contribution is 5.98. The van der Waals surface area contributed by atoms with Crippen LogP contribution in [-0.4, -0.2) is 71.1 Å². The minimum absolute atomic E-state index is 0.0329. The molecule has 3 aromatic rings. The number of pyridine rings is 1. The molecule has 1 spiro atoms. The van der Waals surface area contributed by atoms with E-state index in [1.165, 1.54) is 0 Å². The average Bonchev–Trinajstić information content (AvgIpc) is 3.35. The smallest absolute Gasteiger partial charge is 0.257 e. The number of benzene rings is 2. The van der Waals surface area contributed by atoms with E-state index in [2.05, 4.69) is 10.3 Å². The van der Waals surface area contributed by atoms with Crippen LogP contribution in [0.3, 0.4) is 0 Å². The summed E-state index contributed by atoms with van der Waals surface area (Å²) < 4.78 is 11.6. The van der Waals surface area contributed by atoms with E-state index in [-0.39, 0.29) is 24.3 Å². The minimum atomic E-state index is -0.986. The van der Waals surface area contributed by atoms with Gasteiger partial charge in [-0.1, -0.05) is 42.5 Å². The second-order valence-electron chi connectivity index (χ2n) is 9.80. The van der Waals surface area contributed by atoms with Crippen LogP contribution in [0.4, 0.5) is 0 Å². The van der Waals surface area contributed by atoms with E-state index >= 15 is 0 Å². The fourth-order valence-corrected chi connectivity index (χ4v) is 5.26. The van der Waals surface area contributed by atoms with E-state index < -0.39 is 11.8 Å². The van der Waals surface area contributed by atoms with Gasteiger partial charge in [-0.2, -0.15) is 0 Å². The third-order valence-electron chi connectivity index (χ3n) is 7.38. The summed E-state index contributed by atoms with van der Waals surface area (Å²) >= 11 is 0. The summed E-state index contributed by atoms with van der Waals surface area (Å²) in [6.07, 6.45) is 4.51. The number of amides is 3. The molecule has 1 unspecified atom stereocenters. The number of carbonyl (C=O) groups excluding carboxylic acids is 3. The first kappa shape index (κ1) is 26.4. The van der Waals surface area contributed by atoms with Crippen LogP contribution in [0, 0.1) is 0 Å². The molecule has 2 aliphatic rings. The fraction of sp³-hybridized carbons (Fsp3) is 0.333. The Labute approximate surface area is 227 Å². The largest absolute Gasteiger partial charge is 0.497 e. The lowest BCUT2D eigenvalue weighted by Gasteiger charge is -2.44. The normalized spacial score (nSPS) is 18.1. The van der Waals surface area contributed by atoms with Crippen molar-refractivity contribution >= 4 is 17.7 Å². The molecule has 2 saturated heterocycles. The van der Waals surface area contributed by atoms with Crippen LogP contribution in [0.2, 0.25) is 0 Å². The van der Waals surface area contributed by atoms with Crippen molar-refractivity contribution in [3.05, 3.63) is 95.8 Å². The molecule has 0 radical (unpaired) electrons. The van der Waals surface area contributed by atoms with Gasteiger partial charge >= 0.3 is 0 Å². The maximum atomic E-state index is 14.0. The van der Waals surface area contributed by atoms with Crippen molar-refractivity contribution in [2.24, 2.45) is 0 Å². The SMILES string of the molecule is COc1cccc(C(=O)N2C(C(=O)NCc3cccnc3)COC23CCN(C(=O)Cc2ccccc2)CC3)c1. The summed E-state index contributed by atoms with van der Waals surface area (Å²) in [5.41, 5.74) is 1.24. The number of nitrogens with zero attached hydrogens (tertiary/aromatic N) is 3. The molecule has 3 amide bonds. The maximum Gasteiger partial charge on any atom is 0.257 e. The quantitative estimate of drug-likeness (QED) is 0.506. The third-order valence-corrected chi connectivity index (χ3v) is 7.38. The molecule has 3 heterocycles. The number of rotatable bonds is 7. The second-order valence-corrected chi connectivity index (χ2v) is 9.80. The van der Waals surface area contributed by atoms with Gasteiger partial charge < -0.3 is 19.7 Å². The average molecular weight is 529 g/mol. The molecule has 202 valence electrons. The Morgan fingerprint density at radius 3 is 2.51 bits per heavy atom. The first-order valence-electron chi connectivity index (χ1n) is 13.1. The summed E-state index contributed by atoms with van der Waals surface area (Å²) in [5, 5.41) is 2.93. The summed E-state index contributed by atoms with van der Waals surface area (Å²) in [7, 11) is 1.54. The molecular formula is C30H32N4O5. The molecular weight excluding hydrogens is 496 g/mol. The molecule has 5 rings (SSSR count). The Balaban J connectivity index is 1.34. The third kappa shape index (κ3) is 5.78. The predicted octanol–water partition coefficient (Wildman–Crippen LogP) is 2.81. The van der Waals surface area contributed by atoms with Crippen LogP contribution in [0.15, 0.2) is 79.1 Å². The molecule has 0 bridgehead atoms. The first-order chi connectivity index (χ1) is 19.0. The first-order valence-corrected chi connectivity index (χ1v) is 13.1. The molecule has 9 heteroatoms.